The minimum Gasteiger partial charge on any atom is -0.479 e. The number of amides is 1. The van der Waals surface area contributed by atoms with Gasteiger partial charge in [-0.15, -0.1) is 0 Å². The van der Waals surface area contributed by atoms with Crippen LogP contribution in [0.2, 0.25) is 0 Å². The summed E-state index contributed by atoms with van der Waals surface area (Å²) in [6.07, 6.45) is 0.849. The summed E-state index contributed by atoms with van der Waals surface area (Å²) in [5.74, 6) is -1.08. The van der Waals surface area contributed by atoms with Gasteiger partial charge in [-0.3, -0.25) is 0 Å². The molecule has 2 atom stereocenters. The summed E-state index contributed by atoms with van der Waals surface area (Å²) in [7, 11) is 0. The van der Waals surface area contributed by atoms with E-state index in [1.165, 1.54) is 4.90 Å². The first-order valence-corrected chi connectivity index (χ1v) is 5.47. The fourth-order valence-electron chi connectivity index (χ4n) is 1.99. The Morgan fingerprint density at radius 3 is 2.88 bits per heavy atom. The Labute approximate surface area is 93.1 Å². The molecule has 0 spiro atoms. The molecular formula is C10H15NO5. The van der Waals surface area contributed by atoms with Crippen LogP contribution in [-0.4, -0.2) is 54.0 Å². The maximum atomic E-state index is 11.5. The first kappa shape index (κ1) is 11.2. The van der Waals surface area contributed by atoms with Crippen LogP contribution in [0.25, 0.3) is 0 Å². The van der Waals surface area contributed by atoms with Gasteiger partial charge >= 0.3 is 12.1 Å². The highest BCUT2D eigenvalue weighted by molar-refractivity contribution is 5.78. The summed E-state index contributed by atoms with van der Waals surface area (Å²) in [6.45, 7) is 1.67. The third kappa shape index (κ3) is 2.44. The van der Waals surface area contributed by atoms with Gasteiger partial charge in [-0.2, -0.15) is 0 Å². The maximum absolute atomic E-state index is 11.5. The van der Waals surface area contributed by atoms with E-state index >= 15 is 0 Å². The molecule has 2 fully saturated rings. The first-order valence-electron chi connectivity index (χ1n) is 5.47. The molecule has 2 aliphatic rings. The Bertz CT molecular complexity index is 287. The van der Waals surface area contributed by atoms with E-state index in [0.717, 1.165) is 19.4 Å². The minimum atomic E-state index is -1.08. The molecule has 0 aromatic heterocycles. The van der Waals surface area contributed by atoms with Gasteiger partial charge in [0.05, 0.1) is 12.6 Å². The van der Waals surface area contributed by atoms with Gasteiger partial charge in [0.15, 0.2) is 0 Å². The number of carbonyl (C=O) groups is 2. The molecule has 2 saturated heterocycles. The van der Waals surface area contributed by atoms with Crippen LogP contribution in [0.5, 0.6) is 0 Å². The summed E-state index contributed by atoms with van der Waals surface area (Å²) in [4.78, 5) is 23.6. The van der Waals surface area contributed by atoms with Crippen molar-refractivity contribution in [1.29, 1.82) is 0 Å². The lowest BCUT2D eigenvalue weighted by Crippen LogP contribution is -2.47. The van der Waals surface area contributed by atoms with Crippen LogP contribution in [0.4, 0.5) is 4.79 Å². The van der Waals surface area contributed by atoms with Gasteiger partial charge < -0.3 is 19.5 Å². The maximum Gasteiger partial charge on any atom is 0.410 e. The number of carboxylic acids is 1. The van der Waals surface area contributed by atoms with Gasteiger partial charge in [0.2, 0.25) is 6.10 Å². The largest absolute Gasteiger partial charge is 0.479 e. The molecule has 0 saturated carbocycles. The Morgan fingerprint density at radius 1 is 1.50 bits per heavy atom. The molecule has 0 aliphatic carbocycles. The number of rotatable bonds is 3. The average Bonchev–Trinajstić information content (AvgIpc) is 2.73. The van der Waals surface area contributed by atoms with Crippen molar-refractivity contribution in [3.63, 3.8) is 0 Å². The van der Waals surface area contributed by atoms with Gasteiger partial charge in [0.1, 0.15) is 0 Å². The van der Waals surface area contributed by atoms with E-state index in [1.54, 1.807) is 0 Å². The summed E-state index contributed by atoms with van der Waals surface area (Å²) in [5, 5.41) is 8.71. The van der Waals surface area contributed by atoms with Gasteiger partial charge in [-0.05, 0) is 12.8 Å². The Balaban J connectivity index is 1.84. The molecule has 0 aromatic rings. The third-order valence-corrected chi connectivity index (χ3v) is 2.89. The number of nitrogens with zero attached hydrogens (tertiary/aromatic N) is 1. The van der Waals surface area contributed by atoms with Gasteiger partial charge in [0.25, 0.3) is 0 Å². The normalized spacial score (nSPS) is 30.2. The molecule has 1 N–H and O–H groups in total. The third-order valence-electron chi connectivity index (χ3n) is 2.89. The zero-order valence-electron chi connectivity index (χ0n) is 8.92. The Kier molecular flexibility index (Phi) is 3.28. The molecule has 2 rings (SSSR count). The number of cyclic esters (lactones) is 1. The minimum absolute atomic E-state index is 0.0777. The predicted molar refractivity (Wildman–Crippen MR) is 53.1 cm³/mol. The van der Waals surface area contributed by atoms with Crippen LogP contribution >= 0.6 is 0 Å². The predicted octanol–water partition coefficient (Wildman–Crippen LogP) is 0.461. The molecule has 2 unspecified atom stereocenters. The first-order chi connectivity index (χ1) is 7.66. The van der Waals surface area contributed by atoms with E-state index in [9.17, 15) is 9.59 Å². The van der Waals surface area contributed by atoms with Gasteiger partial charge in [-0.1, -0.05) is 0 Å². The number of ether oxygens (including phenoxy) is 2. The number of hydrogen-bond donors (Lipinski definition) is 1. The molecule has 2 aliphatic heterocycles. The van der Waals surface area contributed by atoms with E-state index < -0.39 is 18.2 Å². The van der Waals surface area contributed by atoms with Gasteiger partial charge in [-0.25, -0.2) is 9.59 Å². The molecule has 2 heterocycles. The zero-order valence-corrected chi connectivity index (χ0v) is 8.92. The highest BCUT2D eigenvalue weighted by Crippen LogP contribution is 2.17. The lowest BCUT2D eigenvalue weighted by atomic mass is 10.2. The number of carbonyl (C=O) groups excluding carboxylic acids is 1. The molecule has 6 heteroatoms. The second-order valence-corrected chi connectivity index (χ2v) is 4.08. The van der Waals surface area contributed by atoms with Crippen molar-refractivity contribution in [2.75, 3.05) is 19.7 Å². The van der Waals surface area contributed by atoms with Crippen molar-refractivity contribution in [1.82, 2.24) is 4.90 Å². The summed E-state index contributed by atoms with van der Waals surface area (Å²) < 4.78 is 10.2. The highest BCUT2D eigenvalue weighted by atomic mass is 16.6. The van der Waals surface area contributed by atoms with Crippen molar-refractivity contribution < 1.29 is 24.2 Å². The second-order valence-electron chi connectivity index (χ2n) is 4.08. The second kappa shape index (κ2) is 4.69. The van der Waals surface area contributed by atoms with E-state index in [0.29, 0.717) is 19.5 Å². The fraction of sp³-hybridized carbons (Fsp3) is 0.800. The van der Waals surface area contributed by atoms with Crippen LogP contribution < -0.4 is 0 Å². The van der Waals surface area contributed by atoms with Crippen LogP contribution in [0.3, 0.4) is 0 Å². The lowest BCUT2D eigenvalue weighted by Gasteiger charge is -2.31. The molecule has 0 radical (unpaired) electrons. The van der Waals surface area contributed by atoms with E-state index in [1.807, 2.05) is 0 Å². The average molecular weight is 229 g/mol. The number of hydrogen-bond acceptors (Lipinski definition) is 4. The SMILES string of the molecule is O=C(O)C1CCN(CC2CCCO2)C(=O)O1. The number of aliphatic carboxylic acids is 1. The molecule has 90 valence electrons. The van der Waals surface area contributed by atoms with Crippen LogP contribution in [0, 0.1) is 0 Å². The standard InChI is InChI=1S/C10H15NO5/c12-9(13)8-3-4-11(10(14)16-8)6-7-2-1-5-15-7/h7-8H,1-6H2,(H,12,13). The summed E-state index contributed by atoms with van der Waals surface area (Å²) >= 11 is 0. The van der Waals surface area contributed by atoms with Crippen LogP contribution in [-0.2, 0) is 14.3 Å². The number of carboxylic acid groups (broad SMARTS) is 1. The van der Waals surface area contributed by atoms with Crippen LogP contribution in [0.15, 0.2) is 0 Å². The molecule has 0 aromatic carbocycles. The highest BCUT2D eigenvalue weighted by Gasteiger charge is 2.33. The molecule has 16 heavy (non-hydrogen) atoms. The zero-order chi connectivity index (χ0) is 11.5. The molecule has 1 amide bonds. The Hall–Kier alpha value is -1.30. The van der Waals surface area contributed by atoms with E-state index in [-0.39, 0.29) is 6.10 Å². The fourth-order valence-corrected chi connectivity index (χ4v) is 1.99. The lowest BCUT2D eigenvalue weighted by molar-refractivity contribution is -0.149. The van der Waals surface area contributed by atoms with Crippen molar-refractivity contribution >= 4 is 12.1 Å². The molecule has 6 nitrogen and oxygen atoms in total. The van der Waals surface area contributed by atoms with E-state index in [2.05, 4.69) is 0 Å². The van der Waals surface area contributed by atoms with Crippen molar-refractivity contribution in [3.05, 3.63) is 0 Å². The van der Waals surface area contributed by atoms with Crippen molar-refractivity contribution in [2.24, 2.45) is 0 Å². The smallest absolute Gasteiger partial charge is 0.410 e. The monoisotopic (exact) mass is 229 g/mol. The topological polar surface area (TPSA) is 76.1 Å². The quantitative estimate of drug-likeness (QED) is 0.760. The van der Waals surface area contributed by atoms with Crippen molar-refractivity contribution in [3.8, 4) is 0 Å². The molecular weight excluding hydrogens is 214 g/mol. The van der Waals surface area contributed by atoms with E-state index in [4.69, 9.17) is 14.6 Å². The Morgan fingerprint density at radius 2 is 2.31 bits per heavy atom. The van der Waals surface area contributed by atoms with Gasteiger partial charge in [0, 0.05) is 19.6 Å². The summed E-state index contributed by atoms with van der Waals surface area (Å²) in [5.41, 5.74) is 0. The van der Waals surface area contributed by atoms with Crippen molar-refractivity contribution in [2.45, 2.75) is 31.5 Å². The van der Waals surface area contributed by atoms with Crippen LogP contribution in [0.1, 0.15) is 19.3 Å². The summed E-state index contributed by atoms with van der Waals surface area (Å²) in [6, 6.07) is 0. The molecule has 0 bridgehead atoms.